The van der Waals surface area contributed by atoms with Crippen molar-refractivity contribution in [1.82, 2.24) is 10.6 Å². The zero-order valence-electron chi connectivity index (χ0n) is 10.2. The molecule has 0 heterocycles. The number of hydrogen-bond donors (Lipinski definition) is 3. The summed E-state index contributed by atoms with van der Waals surface area (Å²) in [6.07, 6.45) is 4.33. The summed E-state index contributed by atoms with van der Waals surface area (Å²) in [4.78, 5) is 22.6. The standard InChI is InChI=1S/C12H20N2O3/c1-8-5-9(6-8)14-11(17)13-7-12(10(15)16)3-2-4-12/h8-9H,2-7H2,1H3,(H,15,16)(H2,13,14,17). The van der Waals surface area contributed by atoms with Gasteiger partial charge in [-0.3, -0.25) is 4.79 Å². The first-order chi connectivity index (χ1) is 8.02. The van der Waals surface area contributed by atoms with Gasteiger partial charge in [0.2, 0.25) is 0 Å². The first-order valence-electron chi connectivity index (χ1n) is 6.30. The van der Waals surface area contributed by atoms with Gasteiger partial charge in [0.05, 0.1) is 5.41 Å². The number of aliphatic carboxylic acids is 1. The lowest BCUT2D eigenvalue weighted by Gasteiger charge is -2.38. The van der Waals surface area contributed by atoms with Gasteiger partial charge in [-0.2, -0.15) is 0 Å². The molecule has 96 valence electrons. The van der Waals surface area contributed by atoms with Gasteiger partial charge >= 0.3 is 12.0 Å². The molecule has 0 aromatic carbocycles. The van der Waals surface area contributed by atoms with E-state index in [0.29, 0.717) is 18.8 Å². The number of rotatable bonds is 4. The Labute approximate surface area is 101 Å². The molecule has 0 saturated heterocycles. The van der Waals surface area contributed by atoms with Gasteiger partial charge in [0.1, 0.15) is 0 Å². The van der Waals surface area contributed by atoms with Crippen molar-refractivity contribution in [3.63, 3.8) is 0 Å². The maximum absolute atomic E-state index is 11.5. The number of carbonyl (C=O) groups is 2. The molecule has 3 N–H and O–H groups in total. The van der Waals surface area contributed by atoms with Crippen molar-refractivity contribution in [3.05, 3.63) is 0 Å². The molecule has 0 atom stereocenters. The molecule has 2 amide bonds. The Morgan fingerprint density at radius 1 is 1.35 bits per heavy atom. The van der Waals surface area contributed by atoms with Gasteiger partial charge in [-0.05, 0) is 31.6 Å². The first-order valence-corrected chi connectivity index (χ1v) is 6.30. The molecule has 2 saturated carbocycles. The van der Waals surface area contributed by atoms with Crippen LogP contribution in [0.2, 0.25) is 0 Å². The maximum Gasteiger partial charge on any atom is 0.315 e. The minimum absolute atomic E-state index is 0.227. The molecule has 5 heteroatoms. The first kappa shape index (κ1) is 12.2. The Morgan fingerprint density at radius 3 is 2.41 bits per heavy atom. The van der Waals surface area contributed by atoms with E-state index in [9.17, 15) is 9.59 Å². The summed E-state index contributed by atoms with van der Waals surface area (Å²) in [6.45, 7) is 2.40. The quantitative estimate of drug-likeness (QED) is 0.694. The van der Waals surface area contributed by atoms with Gasteiger partial charge in [0.25, 0.3) is 0 Å². The molecule has 0 radical (unpaired) electrons. The molecular weight excluding hydrogens is 220 g/mol. The Hall–Kier alpha value is -1.26. The van der Waals surface area contributed by atoms with Crippen LogP contribution in [-0.4, -0.2) is 29.7 Å². The smallest absolute Gasteiger partial charge is 0.315 e. The van der Waals surface area contributed by atoms with Crippen LogP contribution in [0.25, 0.3) is 0 Å². The number of urea groups is 1. The highest BCUT2D eigenvalue weighted by atomic mass is 16.4. The summed E-state index contributed by atoms with van der Waals surface area (Å²) in [7, 11) is 0. The molecule has 5 nitrogen and oxygen atoms in total. The summed E-state index contributed by atoms with van der Waals surface area (Å²) in [6, 6.07) is 0.0431. The van der Waals surface area contributed by atoms with E-state index in [0.717, 1.165) is 19.3 Å². The molecule has 2 aliphatic carbocycles. The van der Waals surface area contributed by atoms with Crippen molar-refractivity contribution in [2.24, 2.45) is 11.3 Å². The van der Waals surface area contributed by atoms with E-state index in [2.05, 4.69) is 17.6 Å². The van der Waals surface area contributed by atoms with Crippen molar-refractivity contribution in [3.8, 4) is 0 Å². The minimum Gasteiger partial charge on any atom is -0.481 e. The van der Waals surface area contributed by atoms with Crippen molar-refractivity contribution < 1.29 is 14.7 Å². The second-order valence-corrected chi connectivity index (χ2v) is 5.54. The normalized spacial score (nSPS) is 29.7. The van der Waals surface area contributed by atoms with Crippen LogP contribution in [0, 0.1) is 11.3 Å². The van der Waals surface area contributed by atoms with Gasteiger partial charge in [-0.15, -0.1) is 0 Å². The minimum atomic E-state index is -0.790. The fourth-order valence-electron chi connectivity index (χ4n) is 2.58. The third-order valence-electron chi connectivity index (χ3n) is 4.06. The number of hydrogen-bond acceptors (Lipinski definition) is 2. The Balaban J connectivity index is 1.70. The van der Waals surface area contributed by atoms with Gasteiger partial charge in [0.15, 0.2) is 0 Å². The molecule has 0 aliphatic heterocycles. The fraction of sp³-hybridized carbons (Fsp3) is 0.833. The van der Waals surface area contributed by atoms with Crippen molar-refractivity contribution in [1.29, 1.82) is 0 Å². The van der Waals surface area contributed by atoms with E-state index in [-0.39, 0.29) is 18.6 Å². The highest BCUT2D eigenvalue weighted by Gasteiger charge is 2.44. The predicted octanol–water partition coefficient (Wildman–Crippen LogP) is 1.34. The third kappa shape index (κ3) is 2.53. The number of nitrogens with one attached hydrogen (secondary N) is 2. The second kappa shape index (κ2) is 4.55. The van der Waals surface area contributed by atoms with Crippen LogP contribution in [0.15, 0.2) is 0 Å². The Kier molecular flexibility index (Phi) is 3.26. The van der Waals surface area contributed by atoms with Crippen LogP contribution < -0.4 is 10.6 Å². The molecule has 0 bridgehead atoms. The lowest BCUT2D eigenvalue weighted by atomic mass is 9.69. The summed E-state index contributed by atoms with van der Waals surface area (Å²) in [5.74, 6) is -0.0985. The number of carbonyl (C=O) groups excluding carboxylic acids is 1. The largest absolute Gasteiger partial charge is 0.481 e. The van der Waals surface area contributed by atoms with Crippen molar-refractivity contribution >= 4 is 12.0 Å². The molecular formula is C12H20N2O3. The van der Waals surface area contributed by atoms with Crippen LogP contribution in [0.4, 0.5) is 4.79 Å². The monoisotopic (exact) mass is 240 g/mol. The second-order valence-electron chi connectivity index (χ2n) is 5.54. The van der Waals surface area contributed by atoms with Gasteiger partial charge in [-0.1, -0.05) is 13.3 Å². The molecule has 0 spiro atoms. The summed E-state index contributed by atoms with van der Waals surface area (Å²) in [5.41, 5.74) is -0.704. The number of carboxylic acid groups (broad SMARTS) is 1. The van der Waals surface area contributed by atoms with Crippen molar-refractivity contribution in [2.75, 3.05) is 6.54 Å². The van der Waals surface area contributed by atoms with Gasteiger partial charge in [0, 0.05) is 12.6 Å². The Morgan fingerprint density at radius 2 is 2.00 bits per heavy atom. The molecule has 17 heavy (non-hydrogen) atoms. The van der Waals surface area contributed by atoms with E-state index < -0.39 is 11.4 Å². The molecule has 0 aromatic heterocycles. The average molecular weight is 240 g/mol. The number of carboxylic acids is 1. The molecule has 2 fully saturated rings. The van der Waals surface area contributed by atoms with Crippen molar-refractivity contribution in [2.45, 2.75) is 45.1 Å². The van der Waals surface area contributed by atoms with Crippen LogP contribution in [0.5, 0.6) is 0 Å². The van der Waals surface area contributed by atoms with Crippen LogP contribution in [-0.2, 0) is 4.79 Å². The topological polar surface area (TPSA) is 78.4 Å². The van der Waals surface area contributed by atoms with E-state index in [4.69, 9.17) is 5.11 Å². The van der Waals surface area contributed by atoms with Crippen LogP contribution >= 0.6 is 0 Å². The number of amides is 2. The van der Waals surface area contributed by atoms with E-state index in [1.54, 1.807) is 0 Å². The van der Waals surface area contributed by atoms with Crippen LogP contribution in [0.3, 0.4) is 0 Å². The predicted molar refractivity (Wildman–Crippen MR) is 62.6 cm³/mol. The highest BCUT2D eigenvalue weighted by molar-refractivity contribution is 5.79. The zero-order chi connectivity index (χ0) is 12.5. The van der Waals surface area contributed by atoms with E-state index >= 15 is 0 Å². The maximum atomic E-state index is 11.5. The van der Waals surface area contributed by atoms with Gasteiger partial charge < -0.3 is 15.7 Å². The average Bonchev–Trinajstić information content (AvgIpc) is 2.13. The molecule has 0 aromatic rings. The molecule has 0 unspecified atom stereocenters. The SMILES string of the molecule is CC1CC(NC(=O)NCC2(C(=O)O)CCC2)C1. The highest BCUT2D eigenvalue weighted by Crippen LogP contribution is 2.40. The van der Waals surface area contributed by atoms with Crippen LogP contribution in [0.1, 0.15) is 39.0 Å². The Bertz CT molecular complexity index is 320. The summed E-state index contributed by atoms with van der Waals surface area (Å²) >= 11 is 0. The zero-order valence-corrected chi connectivity index (χ0v) is 10.2. The van der Waals surface area contributed by atoms with E-state index in [1.807, 2.05) is 0 Å². The van der Waals surface area contributed by atoms with E-state index in [1.165, 1.54) is 0 Å². The fourth-order valence-corrected chi connectivity index (χ4v) is 2.58. The lowest BCUT2D eigenvalue weighted by molar-refractivity contribution is -0.153. The molecule has 2 aliphatic rings. The summed E-state index contributed by atoms with van der Waals surface area (Å²) < 4.78 is 0. The molecule has 2 rings (SSSR count). The lowest BCUT2D eigenvalue weighted by Crippen LogP contribution is -2.53. The third-order valence-corrected chi connectivity index (χ3v) is 4.06. The van der Waals surface area contributed by atoms with Gasteiger partial charge in [-0.25, -0.2) is 4.79 Å². The summed E-state index contributed by atoms with van der Waals surface area (Å²) in [5, 5.41) is 14.7.